The first-order chi connectivity index (χ1) is 12.4. The molecule has 0 saturated carbocycles. The van der Waals surface area contributed by atoms with Gasteiger partial charge in [0.2, 0.25) is 0 Å². The van der Waals surface area contributed by atoms with Gasteiger partial charge in [-0.25, -0.2) is 9.78 Å². The van der Waals surface area contributed by atoms with Gasteiger partial charge in [-0.15, -0.1) is 35.3 Å². The topological polar surface area (TPSA) is 102 Å². The van der Waals surface area contributed by atoms with Crippen molar-refractivity contribution in [1.29, 1.82) is 0 Å². The summed E-state index contributed by atoms with van der Waals surface area (Å²) in [6.07, 6.45) is 1.99. The summed E-state index contributed by atoms with van der Waals surface area (Å²) in [4.78, 5) is 32.2. The quantitative estimate of drug-likeness (QED) is 0.173. The molecule has 0 radical (unpaired) electrons. The van der Waals surface area contributed by atoms with Crippen molar-refractivity contribution >= 4 is 53.2 Å². The average Bonchev–Trinajstić information content (AvgIpc) is 3.02. The highest BCUT2D eigenvalue weighted by Crippen LogP contribution is 2.24. The highest BCUT2D eigenvalue weighted by atomic mass is 127. The summed E-state index contributed by atoms with van der Waals surface area (Å²) in [5, 5.41) is 7.24. The third kappa shape index (κ3) is 8.87. The molecule has 1 aromatic rings. The van der Waals surface area contributed by atoms with Gasteiger partial charge < -0.3 is 20.1 Å². The molecular formula is C17H29IN4O4S. The molecule has 0 fully saturated rings. The fraction of sp³-hybridized carbons (Fsp3) is 0.647. The molecule has 1 heterocycles. The lowest BCUT2D eigenvalue weighted by molar-refractivity contribution is -0.140. The normalized spacial score (nSPS) is 12.0. The van der Waals surface area contributed by atoms with E-state index in [2.05, 4.69) is 25.3 Å². The van der Waals surface area contributed by atoms with Crippen LogP contribution in [0.25, 0.3) is 0 Å². The van der Waals surface area contributed by atoms with E-state index in [1.165, 1.54) is 18.4 Å². The van der Waals surface area contributed by atoms with Gasteiger partial charge in [0.1, 0.15) is 9.88 Å². The second-order valence-corrected chi connectivity index (χ2v) is 6.62. The zero-order chi connectivity index (χ0) is 19.5. The smallest absolute Gasteiger partial charge is 0.350 e. The van der Waals surface area contributed by atoms with E-state index in [0.29, 0.717) is 36.1 Å². The van der Waals surface area contributed by atoms with Gasteiger partial charge in [0.05, 0.1) is 25.5 Å². The van der Waals surface area contributed by atoms with Crippen LogP contribution in [0.3, 0.4) is 0 Å². The second-order valence-electron chi connectivity index (χ2n) is 5.59. The van der Waals surface area contributed by atoms with Gasteiger partial charge in [-0.3, -0.25) is 9.79 Å². The summed E-state index contributed by atoms with van der Waals surface area (Å²) in [5.41, 5.74) is 0.669. The number of hydrogen-bond acceptors (Lipinski definition) is 7. The van der Waals surface area contributed by atoms with E-state index in [9.17, 15) is 9.59 Å². The van der Waals surface area contributed by atoms with Crippen LogP contribution in [0.4, 0.5) is 0 Å². The number of esters is 2. The minimum absolute atomic E-state index is 0. The average molecular weight is 512 g/mol. The van der Waals surface area contributed by atoms with Crippen molar-refractivity contribution in [1.82, 2.24) is 15.6 Å². The molecule has 27 heavy (non-hydrogen) atoms. The van der Waals surface area contributed by atoms with Gasteiger partial charge in [0.25, 0.3) is 0 Å². The Labute approximate surface area is 181 Å². The Morgan fingerprint density at radius 2 is 2.04 bits per heavy atom. The van der Waals surface area contributed by atoms with E-state index in [1.54, 1.807) is 20.9 Å². The van der Waals surface area contributed by atoms with Gasteiger partial charge in [-0.1, -0.05) is 0 Å². The molecule has 10 heteroatoms. The number of halogens is 1. The predicted octanol–water partition coefficient (Wildman–Crippen LogP) is 2.82. The first kappa shape index (κ1) is 25.6. The molecule has 0 aliphatic heterocycles. The zero-order valence-corrected chi connectivity index (χ0v) is 19.6. The Morgan fingerprint density at radius 1 is 1.33 bits per heavy atom. The maximum atomic E-state index is 11.9. The first-order valence-corrected chi connectivity index (χ1v) is 9.43. The summed E-state index contributed by atoms with van der Waals surface area (Å²) in [5.74, 6) is 0.104. The minimum Gasteiger partial charge on any atom is -0.469 e. The molecule has 0 spiro atoms. The number of thiazole rings is 1. The van der Waals surface area contributed by atoms with Crippen LogP contribution in [-0.4, -0.2) is 50.2 Å². The van der Waals surface area contributed by atoms with Gasteiger partial charge in [0, 0.05) is 20.0 Å². The van der Waals surface area contributed by atoms with Crippen molar-refractivity contribution < 1.29 is 19.1 Å². The van der Waals surface area contributed by atoms with Crippen molar-refractivity contribution in [3.05, 3.63) is 15.6 Å². The molecule has 1 rings (SSSR count). The number of aliphatic imine (C=N–C) groups is 1. The summed E-state index contributed by atoms with van der Waals surface area (Å²) >= 11 is 1.32. The van der Waals surface area contributed by atoms with E-state index >= 15 is 0 Å². The zero-order valence-electron chi connectivity index (χ0n) is 16.5. The van der Waals surface area contributed by atoms with E-state index in [0.717, 1.165) is 17.8 Å². The molecule has 2 N–H and O–H groups in total. The highest BCUT2D eigenvalue weighted by molar-refractivity contribution is 14.0. The molecule has 154 valence electrons. The molecule has 1 unspecified atom stereocenters. The summed E-state index contributed by atoms with van der Waals surface area (Å²) < 4.78 is 9.66. The van der Waals surface area contributed by atoms with Crippen LogP contribution >= 0.6 is 35.3 Å². The number of ether oxygens (including phenoxy) is 2. The lowest BCUT2D eigenvalue weighted by atomic mass is 10.2. The highest BCUT2D eigenvalue weighted by Gasteiger charge is 2.20. The molecule has 1 aromatic heterocycles. The lowest BCUT2D eigenvalue weighted by Gasteiger charge is -2.16. The van der Waals surface area contributed by atoms with Crippen molar-refractivity contribution in [2.75, 3.05) is 27.3 Å². The molecule has 0 amide bonds. The SMILES string of the molecule is CCOC(=O)c1sc(C(C)NC(=NC)NCCCCC(=O)OC)nc1C.I. The first-order valence-electron chi connectivity index (χ1n) is 8.61. The largest absolute Gasteiger partial charge is 0.469 e. The van der Waals surface area contributed by atoms with Crippen molar-refractivity contribution in [2.45, 2.75) is 46.1 Å². The van der Waals surface area contributed by atoms with Crippen LogP contribution < -0.4 is 10.6 Å². The van der Waals surface area contributed by atoms with E-state index in [-0.39, 0.29) is 42.0 Å². The van der Waals surface area contributed by atoms with E-state index < -0.39 is 0 Å². The Balaban J connectivity index is 0.00000676. The predicted molar refractivity (Wildman–Crippen MR) is 117 cm³/mol. The number of hydrogen-bond donors (Lipinski definition) is 2. The number of nitrogens with one attached hydrogen (secondary N) is 2. The van der Waals surface area contributed by atoms with Gasteiger partial charge >= 0.3 is 11.9 Å². The Morgan fingerprint density at radius 3 is 2.63 bits per heavy atom. The Kier molecular flexibility index (Phi) is 13.0. The van der Waals surface area contributed by atoms with Crippen molar-refractivity contribution in [3.8, 4) is 0 Å². The number of aryl methyl sites for hydroxylation is 1. The molecule has 0 bridgehead atoms. The number of carbonyl (C=O) groups is 2. The number of nitrogens with zero attached hydrogens (tertiary/aromatic N) is 2. The van der Waals surface area contributed by atoms with Crippen LogP contribution in [0.1, 0.15) is 59.5 Å². The van der Waals surface area contributed by atoms with Gasteiger partial charge in [-0.2, -0.15) is 0 Å². The Hall–Kier alpha value is -1.43. The summed E-state index contributed by atoms with van der Waals surface area (Å²) in [6, 6.07) is -0.108. The minimum atomic E-state index is -0.339. The number of unbranched alkanes of at least 4 members (excludes halogenated alkanes) is 1. The van der Waals surface area contributed by atoms with Crippen molar-refractivity contribution in [2.24, 2.45) is 4.99 Å². The van der Waals surface area contributed by atoms with Crippen LogP contribution in [0, 0.1) is 6.92 Å². The molecule has 0 aliphatic rings. The van der Waals surface area contributed by atoms with E-state index in [4.69, 9.17) is 4.74 Å². The van der Waals surface area contributed by atoms with Crippen molar-refractivity contribution in [3.63, 3.8) is 0 Å². The maximum Gasteiger partial charge on any atom is 0.350 e. The molecule has 0 aromatic carbocycles. The molecule has 0 aliphatic carbocycles. The summed E-state index contributed by atoms with van der Waals surface area (Å²) in [7, 11) is 3.08. The van der Waals surface area contributed by atoms with Crippen LogP contribution in [0.15, 0.2) is 4.99 Å². The summed E-state index contributed by atoms with van der Waals surface area (Å²) in [6.45, 7) is 6.56. The van der Waals surface area contributed by atoms with Crippen LogP contribution in [0.5, 0.6) is 0 Å². The van der Waals surface area contributed by atoms with Crippen LogP contribution in [-0.2, 0) is 14.3 Å². The number of aromatic nitrogens is 1. The fourth-order valence-electron chi connectivity index (χ4n) is 2.15. The van der Waals surface area contributed by atoms with Gasteiger partial charge in [0.15, 0.2) is 5.96 Å². The molecule has 0 saturated heterocycles. The molecule has 1 atom stereocenters. The van der Waals surface area contributed by atoms with Crippen LogP contribution in [0.2, 0.25) is 0 Å². The van der Waals surface area contributed by atoms with E-state index in [1.807, 2.05) is 6.92 Å². The second kappa shape index (κ2) is 13.7. The Bertz CT molecular complexity index is 636. The molecular weight excluding hydrogens is 483 g/mol. The maximum absolute atomic E-state index is 11.9. The lowest BCUT2D eigenvalue weighted by Crippen LogP contribution is -2.39. The van der Waals surface area contributed by atoms with Gasteiger partial charge in [-0.05, 0) is 33.6 Å². The number of carbonyl (C=O) groups excluding carboxylic acids is 2. The third-order valence-corrected chi connectivity index (χ3v) is 4.87. The number of rotatable bonds is 9. The number of methoxy groups -OCH3 is 1. The monoisotopic (exact) mass is 512 g/mol. The standard InChI is InChI=1S/C17H28N4O4S.HI/c1-6-25-16(23)14-11(2)20-15(26-14)12(3)21-17(18-4)19-10-8-7-9-13(22)24-5;/h12H,6-10H2,1-5H3,(H2,18,19,21);1H. The third-order valence-electron chi connectivity index (χ3n) is 3.55. The fourth-order valence-corrected chi connectivity index (χ4v) is 3.12. The number of guanidine groups is 1. The molecule has 8 nitrogen and oxygen atoms in total.